The monoisotopic (exact) mass is 310 g/mol. The predicted molar refractivity (Wildman–Crippen MR) is 80.1 cm³/mol. The summed E-state index contributed by atoms with van der Waals surface area (Å²) in [6.45, 7) is 5.31. The van der Waals surface area contributed by atoms with E-state index in [2.05, 4.69) is 15.3 Å². The van der Waals surface area contributed by atoms with E-state index in [4.69, 9.17) is 10.3 Å². The average Bonchev–Trinajstić information content (AvgIpc) is 2.46. The van der Waals surface area contributed by atoms with Crippen molar-refractivity contribution in [3.63, 3.8) is 0 Å². The molecule has 1 rings (SSSR count). The standard InChI is InChI=1S/C14H22N4O4/c1-4-10(5-2)22-12-7-9(14(20)21)6-11(17-18-15)13(12)16-8(3)19/h6,10-13H,4-5,7H2,1-3H3,(H,16,19)(H,20,21)/t11-,12+,13+/m0/s1. The molecule has 8 nitrogen and oxygen atoms in total. The molecule has 0 spiro atoms. The molecule has 122 valence electrons. The summed E-state index contributed by atoms with van der Waals surface area (Å²) in [7, 11) is 0. The zero-order chi connectivity index (χ0) is 16.7. The number of nitrogens with zero attached hydrogens (tertiary/aromatic N) is 3. The van der Waals surface area contributed by atoms with Gasteiger partial charge >= 0.3 is 5.97 Å². The van der Waals surface area contributed by atoms with Gasteiger partial charge in [-0.3, -0.25) is 4.79 Å². The molecule has 0 radical (unpaired) electrons. The molecule has 0 aromatic heterocycles. The molecular formula is C14H22N4O4. The van der Waals surface area contributed by atoms with E-state index in [0.29, 0.717) is 0 Å². The largest absolute Gasteiger partial charge is 0.478 e. The number of nitrogens with one attached hydrogen (secondary N) is 1. The van der Waals surface area contributed by atoms with Crippen LogP contribution in [0.3, 0.4) is 0 Å². The van der Waals surface area contributed by atoms with Gasteiger partial charge in [0, 0.05) is 23.8 Å². The molecule has 1 aliphatic carbocycles. The molecule has 0 saturated heterocycles. The molecule has 2 N–H and O–H groups in total. The predicted octanol–water partition coefficient (Wildman–Crippen LogP) is 2.16. The van der Waals surface area contributed by atoms with Crippen molar-refractivity contribution in [2.75, 3.05) is 0 Å². The number of carboxylic acids is 1. The molecule has 0 aliphatic heterocycles. The minimum Gasteiger partial charge on any atom is -0.478 e. The maximum atomic E-state index is 11.4. The van der Waals surface area contributed by atoms with Gasteiger partial charge in [0.15, 0.2) is 0 Å². The van der Waals surface area contributed by atoms with Crippen molar-refractivity contribution < 1.29 is 19.4 Å². The van der Waals surface area contributed by atoms with Crippen LogP contribution in [0.4, 0.5) is 0 Å². The number of ether oxygens (including phenoxy) is 1. The first-order chi connectivity index (χ1) is 10.4. The van der Waals surface area contributed by atoms with Gasteiger partial charge in [0.05, 0.1) is 24.3 Å². The van der Waals surface area contributed by atoms with Gasteiger partial charge in [-0.15, -0.1) is 0 Å². The van der Waals surface area contributed by atoms with Crippen molar-refractivity contribution in [3.8, 4) is 0 Å². The maximum Gasteiger partial charge on any atom is 0.331 e. The van der Waals surface area contributed by atoms with Crippen LogP contribution < -0.4 is 5.32 Å². The van der Waals surface area contributed by atoms with E-state index in [1.807, 2.05) is 13.8 Å². The Hall–Kier alpha value is -2.05. The summed E-state index contributed by atoms with van der Waals surface area (Å²) in [6.07, 6.45) is 2.52. The number of hydrogen-bond donors (Lipinski definition) is 2. The van der Waals surface area contributed by atoms with E-state index in [1.165, 1.54) is 13.0 Å². The van der Waals surface area contributed by atoms with Gasteiger partial charge < -0.3 is 15.2 Å². The Morgan fingerprint density at radius 3 is 2.64 bits per heavy atom. The fraction of sp³-hybridized carbons (Fsp3) is 0.714. The number of aliphatic carboxylic acids is 1. The Balaban J connectivity index is 3.12. The second-order valence-corrected chi connectivity index (χ2v) is 5.24. The summed E-state index contributed by atoms with van der Waals surface area (Å²) < 4.78 is 5.96. The molecule has 1 amide bonds. The summed E-state index contributed by atoms with van der Waals surface area (Å²) in [5.74, 6) is -1.36. The minimum absolute atomic E-state index is 0.0406. The van der Waals surface area contributed by atoms with Crippen LogP contribution in [0.5, 0.6) is 0 Å². The van der Waals surface area contributed by atoms with Gasteiger partial charge in [0.2, 0.25) is 5.91 Å². The Kier molecular flexibility index (Phi) is 6.88. The third kappa shape index (κ3) is 4.75. The average molecular weight is 310 g/mol. The summed E-state index contributed by atoms with van der Waals surface area (Å²) in [5, 5.41) is 15.5. The van der Waals surface area contributed by atoms with E-state index < -0.39 is 24.2 Å². The van der Waals surface area contributed by atoms with Crippen molar-refractivity contribution in [2.45, 2.75) is 64.3 Å². The lowest BCUT2D eigenvalue weighted by molar-refractivity contribution is -0.133. The van der Waals surface area contributed by atoms with E-state index in [1.54, 1.807) is 0 Å². The van der Waals surface area contributed by atoms with E-state index in [-0.39, 0.29) is 24.0 Å². The SMILES string of the molecule is CCC(CC)O[C@@H]1CC(C(=O)O)=C[C@H](N=[N+]=[N-])[C@H]1NC(C)=O. The number of carboxylic acid groups (broad SMARTS) is 1. The van der Waals surface area contributed by atoms with Crippen LogP contribution in [0.1, 0.15) is 40.0 Å². The first kappa shape index (κ1) is 18.0. The molecule has 8 heteroatoms. The second-order valence-electron chi connectivity index (χ2n) is 5.24. The quantitative estimate of drug-likeness (QED) is 0.424. The Morgan fingerprint density at radius 2 is 2.18 bits per heavy atom. The van der Waals surface area contributed by atoms with Crippen molar-refractivity contribution >= 4 is 11.9 Å². The highest BCUT2D eigenvalue weighted by molar-refractivity contribution is 5.87. The fourth-order valence-corrected chi connectivity index (χ4v) is 2.54. The van der Waals surface area contributed by atoms with Gasteiger partial charge in [-0.05, 0) is 18.4 Å². The molecule has 0 heterocycles. The number of rotatable bonds is 7. The van der Waals surface area contributed by atoms with Crippen LogP contribution in [0, 0.1) is 0 Å². The van der Waals surface area contributed by atoms with E-state index in [9.17, 15) is 14.7 Å². The normalized spacial score (nSPS) is 24.4. The molecule has 0 unspecified atom stereocenters. The van der Waals surface area contributed by atoms with Gasteiger partial charge in [-0.25, -0.2) is 4.79 Å². The van der Waals surface area contributed by atoms with Crippen molar-refractivity contribution in [2.24, 2.45) is 5.11 Å². The van der Waals surface area contributed by atoms with Gasteiger partial charge in [0.25, 0.3) is 0 Å². The Bertz CT molecular complexity index is 495. The molecular weight excluding hydrogens is 288 g/mol. The third-order valence-corrected chi connectivity index (χ3v) is 3.67. The maximum absolute atomic E-state index is 11.4. The van der Waals surface area contributed by atoms with Crippen molar-refractivity contribution in [1.29, 1.82) is 0 Å². The zero-order valence-electron chi connectivity index (χ0n) is 13.0. The van der Waals surface area contributed by atoms with Crippen LogP contribution >= 0.6 is 0 Å². The highest BCUT2D eigenvalue weighted by Gasteiger charge is 2.37. The van der Waals surface area contributed by atoms with Gasteiger partial charge in [0.1, 0.15) is 0 Å². The Morgan fingerprint density at radius 1 is 1.55 bits per heavy atom. The lowest BCUT2D eigenvalue weighted by Gasteiger charge is -2.36. The van der Waals surface area contributed by atoms with Crippen LogP contribution in [-0.2, 0) is 14.3 Å². The molecule has 0 fully saturated rings. The van der Waals surface area contributed by atoms with E-state index in [0.717, 1.165) is 12.8 Å². The molecule has 1 aliphatic rings. The van der Waals surface area contributed by atoms with Crippen LogP contribution in [0.25, 0.3) is 10.4 Å². The molecule has 0 aromatic rings. The molecule has 0 aromatic carbocycles. The van der Waals surface area contributed by atoms with E-state index >= 15 is 0 Å². The van der Waals surface area contributed by atoms with Crippen molar-refractivity contribution in [3.05, 3.63) is 22.1 Å². The first-order valence-electron chi connectivity index (χ1n) is 7.33. The van der Waals surface area contributed by atoms with Crippen LogP contribution in [-0.4, -0.2) is 41.3 Å². The summed E-state index contributed by atoms with van der Waals surface area (Å²) >= 11 is 0. The molecule has 0 bridgehead atoms. The summed E-state index contributed by atoms with van der Waals surface area (Å²) in [6, 6.07) is -1.36. The Labute approximate surface area is 129 Å². The number of carbonyl (C=O) groups is 2. The smallest absolute Gasteiger partial charge is 0.331 e. The second kappa shape index (κ2) is 8.41. The van der Waals surface area contributed by atoms with Crippen LogP contribution in [0.2, 0.25) is 0 Å². The fourth-order valence-electron chi connectivity index (χ4n) is 2.54. The topological polar surface area (TPSA) is 124 Å². The highest BCUT2D eigenvalue weighted by Crippen LogP contribution is 2.26. The minimum atomic E-state index is -1.07. The molecule has 22 heavy (non-hydrogen) atoms. The number of azide groups is 1. The first-order valence-corrected chi connectivity index (χ1v) is 7.33. The summed E-state index contributed by atoms with van der Waals surface area (Å²) in [5.41, 5.74) is 8.82. The number of hydrogen-bond acceptors (Lipinski definition) is 4. The van der Waals surface area contributed by atoms with Crippen LogP contribution in [0.15, 0.2) is 16.8 Å². The van der Waals surface area contributed by atoms with Gasteiger partial charge in [-0.2, -0.15) is 0 Å². The molecule has 3 atom stereocenters. The summed E-state index contributed by atoms with van der Waals surface area (Å²) in [4.78, 5) is 25.4. The molecule has 0 saturated carbocycles. The number of carbonyl (C=O) groups excluding carboxylic acids is 1. The zero-order valence-corrected chi connectivity index (χ0v) is 13.0. The number of amides is 1. The van der Waals surface area contributed by atoms with Crippen molar-refractivity contribution in [1.82, 2.24) is 5.32 Å². The van der Waals surface area contributed by atoms with Gasteiger partial charge in [-0.1, -0.05) is 25.0 Å². The lowest BCUT2D eigenvalue weighted by atomic mass is 9.88. The highest BCUT2D eigenvalue weighted by atomic mass is 16.5. The third-order valence-electron chi connectivity index (χ3n) is 3.67. The lowest BCUT2D eigenvalue weighted by Crippen LogP contribution is -2.53.